The van der Waals surface area contributed by atoms with E-state index in [0.717, 1.165) is 18.4 Å². The van der Waals surface area contributed by atoms with Gasteiger partial charge in [-0.25, -0.2) is 0 Å². The summed E-state index contributed by atoms with van der Waals surface area (Å²) in [6.07, 6.45) is 17.0. The minimum atomic E-state index is -4.07. The van der Waals surface area contributed by atoms with Crippen molar-refractivity contribution in [2.75, 3.05) is 5.32 Å². The van der Waals surface area contributed by atoms with Gasteiger partial charge in [0.1, 0.15) is 16.3 Å². The maximum Gasteiger partial charge on any atom is 1.00 e. The Morgan fingerprint density at radius 3 is 1.62 bits per heavy atom. The van der Waals surface area contributed by atoms with Crippen LogP contribution in [-0.4, -0.2) is 28.6 Å². The molecule has 1 amide bonds. The third kappa shape index (κ3) is 17.7. The molecule has 3 aromatic rings. The van der Waals surface area contributed by atoms with E-state index in [0.29, 0.717) is 5.69 Å². The number of aryl methyl sites for hydroxylation is 1. The molecule has 47 heavy (non-hydrogen) atoms. The summed E-state index contributed by atoms with van der Waals surface area (Å²) in [5, 5.41) is 11.9. The van der Waals surface area contributed by atoms with Gasteiger partial charge in [-0.1, -0.05) is 154 Å². The molecular formula is C33H43Cl5NNaO6S. The number of hydrogen-bond acceptors (Lipinski definition) is 5. The number of carbonyl (C=O) groups is 1. The molecule has 0 aromatic heterocycles. The van der Waals surface area contributed by atoms with E-state index in [1.165, 1.54) is 82.8 Å². The van der Waals surface area contributed by atoms with E-state index in [9.17, 15) is 18.3 Å². The van der Waals surface area contributed by atoms with Crippen molar-refractivity contribution in [1.29, 1.82) is 0 Å². The Labute approximate surface area is 328 Å². The maximum atomic E-state index is 12.2. The Hall–Kier alpha value is -0.750. The van der Waals surface area contributed by atoms with Crippen LogP contribution in [-0.2, 0) is 16.5 Å². The number of nitrogens with one attached hydrogen (secondary N) is 1. The van der Waals surface area contributed by atoms with Crippen molar-refractivity contribution in [1.82, 2.24) is 0 Å². The summed E-state index contributed by atoms with van der Waals surface area (Å²) in [5.41, 5.74) is 1.44. The largest absolute Gasteiger partial charge is 1.00 e. The molecule has 0 aliphatic rings. The Kier molecular flexibility index (Phi) is 25.7. The van der Waals surface area contributed by atoms with Gasteiger partial charge in [-0.3, -0.25) is 14.0 Å². The third-order valence-corrected chi connectivity index (χ3v) is 9.70. The number of carbonyl (C=O) groups excluding carboxylic acids is 1. The number of para-hydroxylation sites is 1. The van der Waals surface area contributed by atoms with Gasteiger partial charge >= 0.3 is 29.6 Å². The van der Waals surface area contributed by atoms with Crippen LogP contribution >= 0.6 is 58.3 Å². The molecule has 0 unspecified atom stereocenters. The molecule has 14 heteroatoms. The number of anilines is 1. The Balaban J connectivity index is 0. The number of benzene rings is 3. The van der Waals surface area contributed by atoms with Crippen LogP contribution in [0.2, 0.25) is 20.1 Å². The standard InChI is InChI=1S/C20H34O3S.C13H7Cl4NO2.ClHO.Na.H/c1-2-3-4-5-6-7-8-9-10-11-12-13-14-19-15-17-20(18-16-19)24(21,22)23;14-8-7(12(19)11(17)10(16)9(8)15)13(20)18-6-4-2-1-3-5-6;1-2;;/h15-18H,2-14H2,1H3,(H,21,22,23);1-5,19H,(H,18,20);2H;;/q;;;+1;-1. The van der Waals surface area contributed by atoms with E-state index in [-0.39, 0.29) is 61.5 Å². The number of amides is 1. The van der Waals surface area contributed by atoms with Gasteiger partial charge in [-0.15, -0.1) is 0 Å². The van der Waals surface area contributed by atoms with Crippen LogP contribution in [0.5, 0.6) is 5.75 Å². The number of hydrogen-bond donors (Lipinski definition) is 4. The van der Waals surface area contributed by atoms with Gasteiger partial charge < -0.3 is 11.8 Å². The van der Waals surface area contributed by atoms with Crippen LogP contribution in [0.1, 0.15) is 101 Å². The van der Waals surface area contributed by atoms with Crippen LogP contribution in [0.15, 0.2) is 59.5 Å². The van der Waals surface area contributed by atoms with Crippen molar-refractivity contribution in [3.8, 4) is 5.75 Å². The van der Waals surface area contributed by atoms with Crippen LogP contribution in [0, 0.1) is 0 Å². The van der Waals surface area contributed by atoms with Crippen molar-refractivity contribution in [2.45, 2.75) is 95.3 Å². The van der Waals surface area contributed by atoms with E-state index >= 15 is 0 Å². The van der Waals surface area contributed by atoms with Crippen LogP contribution in [0.4, 0.5) is 5.69 Å². The molecule has 0 saturated carbocycles. The van der Waals surface area contributed by atoms with Gasteiger partial charge in [0.05, 0.1) is 31.8 Å². The molecule has 0 heterocycles. The van der Waals surface area contributed by atoms with Gasteiger partial charge in [0, 0.05) is 5.69 Å². The first kappa shape index (κ1) is 46.2. The third-order valence-electron chi connectivity index (χ3n) is 7.04. The fraction of sp³-hybridized carbons (Fsp3) is 0.424. The van der Waals surface area contributed by atoms with Crippen LogP contribution in [0.25, 0.3) is 0 Å². The molecule has 0 aliphatic carbocycles. The second-order valence-electron chi connectivity index (χ2n) is 10.6. The molecule has 0 saturated heterocycles. The van der Waals surface area contributed by atoms with Crippen molar-refractivity contribution < 1.29 is 58.5 Å². The summed E-state index contributed by atoms with van der Waals surface area (Å²) in [7, 11) is -4.07. The maximum absolute atomic E-state index is 12.2. The first-order chi connectivity index (χ1) is 22.0. The summed E-state index contributed by atoms with van der Waals surface area (Å²) in [6, 6.07) is 15.2. The van der Waals surface area contributed by atoms with Crippen LogP contribution in [0.3, 0.4) is 0 Å². The zero-order valence-corrected chi connectivity index (χ0v) is 33.3. The molecule has 3 aromatic carbocycles. The summed E-state index contributed by atoms with van der Waals surface area (Å²) in [6.45, 7) is 2.26. The Morgan fingerprint density at radius 1 is 0.702 bits per heavy atom. The first-order valence-corrected chi connectivity index (χ1v) is 18.4. The Bertz CT molecular complexity index is 1410. The van der Waals surface area contributed by atoms with E-state index in [1.54, 1.807) is 42.5 Å². The average molecular weight is 782 g/mol. The predicted molar refractivity (Wildman–Crippen MR) is 193 cm³/mol. The molecule has 4 N–H and O–H groups in total. The number of halogens is 5. The zero-order chi connectivity index (χ0) is 34.5. The molecule has 3 rings (SSSR count). The van der Waals surface area contributed by atoms with E-state index in [2.05, 4.69) is 24.1 Å². The summed E-state index contributed by atoms with van der Waals surface area (Å²) in [5.74, 6) is -1.15. The normalized spacial score (nSPS) is 10.6. The van der Waals surface area contributed by atoms with E-state index in [4.69, 9.17) is 55.6 Å². The van der Waals surface area contributed by atoms with Crippen molar-refractivity contribution in [3.05, 3.63) is 85.8 Å². The number of aromatic hydroxyl groups is 1. The van der Waals surface area contributed by atoms with Gasteiger partial charge in [-0.05, 0) is 42.7 Å². The van der Waals surface area contributed by atoms with Crippen molar-refractivity contribution >= 4 is 80.0 Å². The summed E-state index contributed by atoms with van der Waals surface area (Å²) < 4.78 is 37.4. The van der Waals surface area contributed by atoms with Crippen LogP contribution < -0.4 is 34.9 Å². The minimum Gasteiger partial charge on any atom is -1.00 e. The van der Waals surface area contributed by atoms with E-state index < -0.39 is 21.8 Å². The SMILES string of the molecule is CCCCCCCCCCCCCCc1ccc(S(=O)(=O)O)cc1.O=C(Nc1ccccc1)c1c(O)c(Cl)c(Cl)c(Cl)c1Cl.OCl.[H-].[Na+]. The first-order valence-electron chi connectivity index (χ1n) is 15.1. The average Bonchev–Trinajstić information content (AvgIpc) is 3.05. The molecule has 0 bridgehead atoms. The summed E-state index contributed by atoms with van der Waals surface area (Å²) >= 11 is 27.0. The van der Waals surface area contributed by atoms with E-state index in [1.807, 2.05) is 0 Å². The molecule has 0 spiro atoms. The molecule has 7 nitrogen and oxygen atoms in total. The number of rotatable bonds is 16. The minimum absolute atomic E-state index is 0. The number of phenolic OH excluding ortho intramolecular Hbond substituents is 1. The molecule has 0 radical (unpaired) electrons. The second kappa shape index (κ2) is 26.1. The van der Waals surface area contributed by atoms with Crippen molar-refractivity contribution in [3.63, 3.8) is 0 Å². The predicted octanol–water partition coefficient (Wildman–Crippen LogP) is 8.68. The van der Waals surface area contributed by atoms with Gasteiger partial charge in [0.25, 0.3) is 16.0 Å². The number of unbranched alkanes of at least 4 members (excludes halogenated alkanes) is 11. The number of phenols is 1. The monoisotopic (exact) mass is 779 g/mol. The summed E-state index contributed by atoms with van der Waals surface area (Å²) in [4.78, 5) is 12.1. The zero-order valence-electron chi connectivity index (χ0n) is 27.8. The molecule has 0 atom stereocenters. The quantitative estimate of drug-likeness (QED) is 0.0379. The van der Waals surface area contributed by atoms with Gasteiger partial charge in [-0.2, -0.15) is 8.42 Å². The smallest absolute Gasteiger partial charge is 1.00 e. The molecular weight excluding hydrogens is 739 g/mol. The fourth-order valence-corrected chi connectivity index (χ4v) is 5.95. The van der Waals surface area contributed by atoms with Crippen molar-refractivity contribution in [2.24, 2.45) is 0 Å². The fourth-order valence-electron chi connectivity index (χ4n) is 4.54. The second-order valence-corrected chi connectivity index (χ2v) is 13.5. The molecule has 0 aliphatic heterocycles. The molecule has 258 valence electrons. The topological polar surface area (TPSA) is 124 Å². The Morgan fingerprint density at radius 2 is 1.15 bits per heavy atom. The molecule has 0 fully saturated rings. The van der Waals surface area contributed by atoms with Gasteiger partial charge in [0.2, 0.25) is 0 Å². The van der Waals surface area contributed by atoms with Gasteiger partial charge in [0.15, 0.2) is 0 Å².